The van der Waals surface area contributed by atoms with E-state index in [2.05, 4.69) is 48.7 Å². The smallest absolute Gasteiger partial charge is 0.191 e. The standard InChI is InChI=1S/C16H19BrN4/c1-18-16(20-10-8-15-7-2-3-9-19-15)21-12-13-5-4-6-14(17)11-13/h2-7,9,11H,8,10,12H2,1H3,(H2,18,20,21). The molecule has 5 heteroatoms. The molecule has 2 rings (SSSR count). The van der Waals surface area contributed by atoms with E-state index in [0.717, 1.165) is 35.6 Å². The van der Waals surface area contributed by atoms with Gasteiger partial charge in [-0.2, -0.15) is 0 Å². The summed E-state index contributed by atoms with van der Waals surface area (Å²) in [5.74, 6) is 0.797. The molecule has 110 valence electrons. The van der Waals surface area contributed by atoms with Crippen molar-refractivity contribution in [2.24, 2.45) is 4.99 Å². The minimum Gasteiger partial charge on any atom is -0.356 e. The van der Waals surface area contributed by atoms with Gasteiger partial charge in [-0.05, 0) is 29.8 Å². The highest BCUT2D eigenvalue weighted by Gasteiger charge is 1.99. The van der Waals surface area contributed by atoms with Gasteiger partial charge >= 0.3 is 0 Å². The number of rotatable bonds is 5. The van der Waals surface area contributed by atoms with Crippen LogP contribution in [-0.2, 0) is 13.0 Å². The van der Waals surface area contributed by atoms with Gasteiger partial charge in [0, 0.05) is 42.9 Å². The Labute approximate surface area is 133 Å². The van der Waals surface area contributed by atoms with E-state index >= 15 is 0 Å². The largest absolute Gasteiger partial charge is 0.356 e. The molecule has 0 bridgehead atoms. The molecule has 1 aromatic heterocycles. The summed E-state index contributed by atoms with van der Waals surface area (Å²) in [5, 5.41) is 6.59. The van der Waals surface area contributed by atoms with Crippen molar-refractivity contribution in [2.45, 2.75) is 13.0 Å². The molecule has 0 radical (unpaired) electrons. The van der Waals surface area contributed by atoms with E-state index < -0.39 is 0 Å². The van der Waals surface area contributed by atoms with E-state index in [1.165, 1.54) is 5.56 Å². The average Bonchev–Trinajstić information content (AvgIpc) is 2.52. The molecule has 21 heavy (non-hydrogen) atoms. The van der Waals surface area contributed by atoms with E-state index in [-0.39, 0.29) is 0 Å². The van der Waals surface area contributed by atoms with Crippen molar-refractivity contribution < 1.29 is 0 Å². The summed E-state index contributed by atoms with van der Waals surface area (Å²) in [5.41, 5.74) is 2.28. The lowest BCUT2D eigenvalue weighted by Crippen LogP contribution is -2.37. The highest BCUT2D eigenvalue weighted by molar-refractivity contribution is 9.10. The SMILES string of the molecule is CN=C(NCCc1ccccn1)NCc1cccc(Br)c1. The van der Waals surface area contributed by atoms with E-state index in [1.54, 1.807) is 7.05 Å². The molecule has 2 aromatic rings. The first-order valence-electron chi connectivity index (χ1n) is 6.87. The number of guanidine groups is 1. The lowest BCUT2D eigenvalue weighted by atomic mass is 10.2. The zero-order valence-electron chi connectivity index (χ0n) is 12.0. The molecule has 0 aliphatic rings. The summed E-state index contributed by atoms with van der Waals surface area (Å²) >= 11 is 3.47. The van der Waals surface area contributed by atoms with Crippen LogP contribution in [0.5, 0.6) is 0 Å². The Hall–Kier alpha value is -1.88. The van der Waals surface area contributed by atoms with Gasteiger partial charge in [0.2, 0.25) is 0 Å². The fourth-order valence-corrected chi connectivity index (χ4v) is 2.35. The number of nitrogens with one attached hydrogen (secondary N) is 2. The van der Waals surface area contributed by atoms with E-state index in [0.29, 0.717) is 0 Å². The lowest BCUT2D eigenvalue weighted by molar-refractivity contribution is 0.784. The van der Waals surface area contributed by atoms with Crippen LogP contribution in [0.4, 0.5) is 0 Å². The number of halogens is 1. The first-order valence-corrected chi connectivity index (χ1v) is 7.66. The van der Waals surface area contributed by atoms with Crippen LogP contribution < -0.4 is 10.6 Å². The van der Waals surface area contributed by atoms with Crippen molar-refractivity contribution in [1.29, 1.82) is 0 Å². The molecular weight excluding hydrogens is 328 g/mol. The molecule has 0 amide bonds. The first-order chi connectivity index (χ1) is 10.3. The van der Waals surface area contributed by atoms with Crippen LogP contribution in [0.2, 0.25) is 0 Å². The predicted octanol–water partition coefficient (Wildman–Crippen LogP) is 2.75. The minimum absolute atomic E-state index is 0.739. The third kappa shape index (κ3) is 5.55. The summed E-state index contributed by atoms with van der Waals surface area (Å²) in [7, 11) is 1.77. The maximum atomic E-state index is 4.30. The highest BCUT2D eigenvalue weighted by Crippen LogP contribution is 2.11. The maximum Gasteiger partial charge on any atom is 0.191 e. The Bertz CT molecular complexity index is 584. The molecule has 0 aliphatic carbocycles. The van der Waals surface area contributed by atoms with Crippen LogP contribution in [0, 0.1) is 0 Å². The van der Waals surface area contributed by atoms with Crippen molar-refractivity contribution in [2.75, 3.05) is 13.6 Å². The molecule has 0 spiro atoms. The summed E-state index contributed by atoms with van der Waals surface area (Å²) < 4.78 is 1.08. The fraction of sp³-hybridized carbons (Fsp3) is 0.250. The van der Waals surface area contributed by atoms with Crippen molar-refractivity contribution in [3.63, 3.8) is 0 Å². The Kier molecular flexibility index (Phi) is 6.22. The van der Waals surface area contributed by atoms with Gasteiger partial charge in [-0.15, -0.1) is 0 Å². The molecule has 0 saturated carbocycles. The highest BCUT2D eigenvalue weighted by atomic mass is 79.9. The van der Waals surface area contributed by atoms with E-state index in [9.17, 15) is 0 Å². The number of aromatic nitrogens is 1. The zero-order valence-corrected chi connectivity index (χ0v) is 13.6. The van der Waals surface area contributed by atoms with Crippen molar-refractivity contribution in [1.82, 2.24) is 15.6 Å². The van der Waals surface area contributed by atoms with Gasteiger partial charge < -0.3 is 10.6 Å². The van der Waals surface area contributed by atoms with Gasteiger partial charge in [0.15, 0.2) is 5.96 Å². The molecule has 4 nitrogen and oxygen atoms in total. The molecule has 0 aliphatic heterocycles. The minimum atomic E-state index is 0.739. The van der Waals surface area contributed by atoms with Gasteiger partial charge in [-0.25, -0.2) is 0 Å². The number of hydrogen-bond acceptors (Lipinski definition) is 2. The van der Waals surface area contributed by atoms with Gasteiger partial charge in [0.05, 0.1) is 0 Å². The quantitative estimate of drug-likeness (QED) is 0.646. The molecule has 0 atom stereocenters. The van der Waals surface area contributed by atoms with Crippen LogP contribution in [0.3, 0.4) is 0 Å². The molecule has 0 fully saturated rings. The third-order valence-electron chi connectivity index (χ3n) is 2.97. The molecule has 1 aromatic carbocycles. The van der Waals surface area contributed by atoms with Crippen molar-refractivity contribution >= 4 is 21.9 Å². The maximum absolute atomic E-state index is 4.30. The Balaban J connectivity index is 1.76. The Morgan fingerprint density at radius 3 is 2.81 bits per heavy atom. The second-order valence-electron chi connectivity index (χ2n) is 4.55. The topological polar surface area (TPSA) is 49.3 Å². The van der Waals surface area contributed by atoms with Gasteiger partial charge in [0.25, 0.3) is 0 Å². The average molecular weight is 347 g/mol. The molecule has 1 heterocycles. The number of aliphatic imine (C=N–C) groups is 1. The number of benzene rings is 1. The van der Waals surface area contributed by atoms with Crippen LogP contribution in [0.1, 0.15) is 11.3 Å². The van der Waals surface area contributed by atoms with Gasteiger partial charge in [-0.3, -0.25) is 9.98 Å². The molecule has 0 unspecified atom stereocenters. The fourth-order valence-electron chi connectivity index (χ4n) is 1.91. The monoisotopic (exact) mass is 346 g/mol. The van der Waals surface area contributed by atoms with Crippen molar-refractivity contribution in [3.05, 3.63) is 64.4 Å². The summed E-state index contributed by atoms with van der Waals surface area (Å²) in [6, 6.07) is 14.2. The summed E-state index contributed by atoms with van der Waals surface area (Å²) in [6.45, 7) is 1.54. The molecule has 0 saturated heterocycles. The van der Waals surface area contributed by atoms with Crippen LogP contribution >= 0.6 is 15.9 Å². The second kappa shape index (κ2) is 8.42. The van der Waals surface area contributed by atoms with Crippen molar-refractivity contribution in [3.8, 4) is 0 Å². The summed E-state index contributed by atoms with van der Waals surface area (Å²) in [4.78, 5) is 8.52. The number of nitrogens with zero attached hydrogens (tertiary/aromatic N) is 2. The van der Waals surface area contributed by atoms with Gasteiger partial charge in [0.1, 0.15) is 0 Å². The first kappa shape index (κ1) is 15.5. The Morgan fingerprint density at radius 1 is 1.19 bits per heavy atom. The van der Waals surface area contributed by atoms with Gasteiger partial charge in [-0.1, -0.05) is 34.1 Å². The number of hydrogen-bond donors (Lipinski definition) is 2. The number of pyridine rings is 1. The normalized spacial score (nSPS) is 11.2. The van der Waals surface area contributed by atoms with Crippen LogP contribution in [0.15, 0.2) is 58.1 Å². The van der Waals surface area contributed by atoms with Crippen LogP contribution in [-0.4, -0.2) is 24.5 Å². The van der Waals surface area contributed by atoms with E-state index in [1.807, 2.05) is 36.5 Å². The molecule has 2 N–H and O–H groups in total. The van der Waals surface area contributed by atoms with Crippen LogP contribution in [0.25, 0.3) is 0 Å². The second-order valence-corrected chi connectivity index (χ2v) is 5.47. The third-order valence-corrected chi connectivity index (χ3v) is 3.47. The zero-order chi connectivity index (χ0) is 14.9. The summed E-state index contributed by atoms with van der Waals surface area (Å²) in [6.07, 6.45) is 2.69. The predicted molar refractivity (Wildman–Crippen MR) is 90.3 cm³/mol. The Morgan fingerprint density at radius 2 is 2.10 bits per heavy atom. The lowest BCUT2D eigenvalue weighted by Gasteiger charge is -2.12. The molecular formula is C16H19BrN4. The van der Waals surface area contributed by atoms with E-state index in [4.69, 9.17) is 0 Å².